The third kappa shape index (κ3) is 3.20. The first-order valence-corrected chi connectivity index (χ1v) is 8.22. The van der Waals surface area contributed by atoms with Gasteiger partial charge in [-0.1, -0.05) is 24.3 Å². The van der Waals surface area contributed by atoms with Gasteiger partial charge in [-0.25, -0.2) is 0 Å². The molecule has 0 fully saturated rings. The predicted octanol–water partition coefficient (Wildman–Crippen LogP) is 5.46. The molecule has 0 N–H and O–H groups in total. The van der Waals surface area contributed by atoms with Gasteiger partial charge in [-0.05, 0) is 43.5 Å². The Labute approximate surface area is 146 Å². The maximum Gasteiger partial charge on any atom is 0.416 e. The molecule has 0 radical (unpaired) electrons. The molecule has 0 amide bonds. The third-order valence-corrected chi connectivity index (χ3v) is 5.20. The highest BCUT2D eigenvalue weighted by Gasteiger charge is 2.38. The van der Waals surface area contributed by atoms with E-state index in [9.17, 15) is 13.2 Å². The summed E-state index contributed by atoms with van der Waals surface area (Å²) in [5.74, 6) is 0.653. The van der Waals surface area contributed by atoms with Crippen LogP contribution in [0, 0.1) is 0 Å². The number of nitrogens with zero attached hydrogens (tertiary/aromatic N) is 1. The average Bonchev–Trinajstić information content (AvgIpc) is 2.57. The molecular weight excluding hydrogens is 327 g/mol. The van der Waals surface area contributed by atoms with Crippen LogP contribution in [0.5, 0.6) is 5.75 Å². The molecule has 1 unspecified atom stereocenters. The second-order valence-electron chi connectivity index (χ2n) is 7.18. The van der Waals surface area contributed by atoms with Gasteiger partial charge in [0.2, 0.25) is 0 Å². The number of rotatable bonds is 2. The SMILES string of the molecule is COc1ccc2c(c1)N(C)C(C)(C)CC2c1cccc(C(F)(F)F)c1. The highest BCUT2D eigenvalue weighted by Crippen LogP contribution is 2.47. The van der Waals surface area contributed by atoms with Crippen LogP contribution in [0.15, 0.2) is 42.5 Å². The molecule has 5 heteroatoms. The minimum absolute atomic E-state index is 0.0885. The highest BCUT2D eigenvalue weighted by atomic mass is 19.4. The van der Waals surface area contributed by atoms with Crippen LogP contribution in [0.4, 0.5) is 18.9 Å². The fourth-order valence-electron chi connectivity index (χ4n) is 3.54. The summed E-state index contributed by atoms with van der Waals surface area (Å²) in [6.07, 6.45) is -3.59. The first kappa shape index (κ1) is 17.6. The molecule has 1 atom stereocenters. The number of hydrogen-bond acceptors (Lipinski definition) is 2. The zero-order chi connectivity index (χ0) is 18.4. The molecule has 2 aromatic carbocycles. The van der Waals surface area contributed by atoms with E-state index in [4.69, 9.17) is 4.74 Å². The van der Waals surface area contributed by atoms with E-state index in [-0.39, 0.29) is 11.5 Å². The van der Waals surface area contributed by atoms with Crippen LogP contribution in [-0.4, -0.2) is 19.7 Å². The summed E-state index contributed by atoms with van der Waals surface area (Å²) in [5.41, 5.74) is 1.94. The molecule has 0 aromatic heterocycles. The lowest BCUT2D eigenvalue weighted by atomic mass is 9.76. The summed E-state index contributed by atoms with van der Waals surface area (Å²) in [4.78, 5) is 2.18. The van der Waals surface area contributed by atoms with Gasteiger partial charge in [0.1, 0.15) is 5.75 Å². The van der Waals surface area contributed by atoms with Crippen LogP contribution < -0.4 is 9.64 Å². The number of ether oxygens (including phenoxy) is 1. The van der Waals surface area contributed by atoms with E-state index < -0.39 is 11.7 Å². The number of benzene rings is 2. The minimum Gasteiger partial charge on any atom is -0.497 e. The molecule has 0 aliphatic carbocycles. The van der Waals surface area contributed by atoms with E-state index in [1.165, 1.54) is 12.1 Å². The second kappa shape index (κ2) is 5.97. The van der Waals surface area contributed by atoms with Gasteiger partial charge in [0.25, 0.3) is 0 Å². The fourth-order valence-corrected chi connectivity index (χ4v) is 3.54. The molecule has 1 aliphatic rings. The van der Waals surface area contributed by atoms with Crippen LogP contribution in [0.2, 0.25) is 0 Å². The maximum atomic E-state index is 13.1. The molecular formula is C20H22F3NO. The van der Waals surface area contributed by atoms with Crippen LogP contribution in [0.1, 0.15) is 42.9 Å². The Morgan fingerprint density at radius 1 is 1.12 bits per heavy atom. The molecule has 134 valence electrons. The maximum absolute atomic E-state index is 13.1. The molecule has 0 saturated carbocycles. The van der Waals surface area contributed by atoms with Gasteiger partial charge in [0.15, 0.2) is 0 Å². The lowest BCUT2D eigenvalue weighted by molar-refractivity contribution is -0.137. The summed E-state index contributed by atoms with van der Waals surface area (Å²) < 4.78 is 44.7. The standard InChI is InChI=1S/C20H22F3NO/c1-19(2)12-17(13-6-5-7-14(10-13)20(21,22)23)16-9-8-15(25-4)11-18(16)24(19)3/h5-11,17H,12H2,1-4H3. The van der Waals surface area contributed by atoms with Crippen LogP contribution in [0.25, 0.3) is 0 Å². The predicted molar refractivity (Wildman–Crippen MR) is 93.4 cm³/mol. The van der Waals surface area contributed by atoms with Gasteiger partial charge >= 0.3 is 6.18 Å². The Balaban J connectivity index is 2.13. The van der Waals surface area contributed by atoms with Crippen LogP contribution in [-0.2, 0) is 6.18 Å². The van der Waals surface area contributed by atoms with Crippen molar-refractivity contribution < 1.29 is 17.9 Å². The second-order valence-corrected chi connectivity index (χ2v) is 7.18. The lowest BCUT2D eigenvalue weighted by Crippen LogP contribution is -2.46. The Morgan fingerprint density at radius 2 is 1.84 bits per heavy atom. The highest BCUT2D eigenvalue weighted by molar-refractivity contribution is 5.64. The summed E-state index contributed by atoms with van der Waals surface area (Å²) in [5, 5.41) is 0. The van der Waals surface area contributed by atoms with Crippen molar-refractivity contribution in [2.24, 2.45) is 0 Å². The van der Waals surface area contributed by atoms with E-state index in [0.717, 1.165) is 29.5 Å². The molecule has 3 rings (SSSR count). The summed E-state index contributed by atoms with van der Waals surface area (Å²) in [6, 6.07) is 11.5. The summed E-state index contributed by atoms with van der Waals surface area (Å²) in [7, 11) is 3.63. The van der Waals surface area contributed by atoms with Gasteiger partial charge in [0.05, 0.1) is 12.7 Å². The van der Waals surface area contributed by atoms with Gasteiger partial charge in [-0.2, -0.15) is 13.2 Å². The van der Waals surface area contributed by atoms with Gasteiger partial charge < -0.3 is 9.64 Å². The summed E-state index contributed by atoms with van der Waals surface area (Å²) in [6.45, 7) is 4.21. The van der Waals surface area contributed by atoms with Crippen molar-refractivity contribution in [3.63, 3.8) is 0 Å². The molecule has 1 aliphatic heterocycles. The van der Waals surface area contributed by atoms with Gasteiger partial charge in [-0.3, -0.25) is 0 Å². The molecule has 2 aromatic rings. The number of methoxy groups -OCH3 is 1. The monoisotopic (exact) mass is 349 g/mol. The van der Waals surface area contributed by atoms with Crippen molar-refractivity contribution in [1.29, 1.82) is 0 Å². The van der Waals surface area contributed by atoms with Gasteiger partial charge in [-0.15, -0.1) is 0 Å². The van der Waals surface area contributed by atoms with Crippen molar-refractivity contribution in [1.82, 2.24) is 0 Å². The molecule has 25 heavy (non-hydrogen) atoms. The van der Waals surface area contributed by atoms with E-state index >= 15 is 0 Å². The number of hydrogen-bond donors (Lipinski definition) is 0. The fraction of sp³-hybridized carbons (Fsp3) is 0.400. The zero-order valence-corrected chi connectivity index (χ0v) is 14.8. The van der Waals surface area contributed by atoms with Crippen molar-refractivity contribution in [3.05, 3.63) is 59.2 Å². The Hall–Kier alpha value is -2.17. The number of anilines is 1. The first-order valence-electron chi connectivity index (χ1n) is 8.22. The third-order valence-electron chi connectivity index (χ3n) is 5.20. The van der Waals surface area contributed by atoms with E-state index in [1.807, 2.05) is 25.2 Å². The summed E-state index contributed by atoms with van der Waals surface area (Å²) >= 11 is 0. The number of halogens is 3. The van der Waals surface area contributed by atoms with Crippen molar-refractivity contribution in [2.75, 3.05) is 19.1 Å². The Morgan fingerprint density at radius 3 is 2.48 bits per heavy atom. The van der Waals surface area contributed by atoms with Crippen molar-refractivity contribution in [2.45, 2.75) is 37.9 Å². The molecule has 0 saturated heterocycles. The first-order chi connectivity index (χ1) is 11.6. The lowest BCUT2D eigenvalue weighted by Gasteiger charge is -2.46. The molecule has 0 bridgehead atoms. The molecule has 0 spiro atoms. The smallest absolute Gasteiger partial charge is 0.416 e. The van der Waals surface area contributed by atoms with Gasteiger partial charge in [0, 0.05) is 30.3 Å². The van der Waals surface area contributed by atoms with Crippen LogP contribution in [0.3, 0.4) is 0 Å². The zero-order valence-electron chi connectivity index (χ0n) is 14.8. The Kier molecular flexibility index (Phi) is 4.21. The number of fused-ring (bicyclic) bond motifs is 1. The normalized spacial score (nSPS) is 19.5. The minimum atomic E-state index is -4.33. The average molecular weight is 349 g/mol. The van der Waals surface area contributed by atoms with Crippen LogP contribution >= 0.6 is 0 Å². The van der Waals surface area contributed by atoms with E-state index in [0.29, 0.717) is 5.56 Å². The number of alkyl halides is 3. The quantitative estimate of drug-likeness (QED) is 0.713. The molecule has 2 nitrogen and oxygen atoms in total. The van der Waals surface area contributed by atoms with E-state index in [2.05, 4.69) is 18.7 Å². The topological polar surface area (TPSA) is 12.5 Å². The van der Waals surface area contributed by atoms with E-state index in [1.54, 1.807) is 13.2 Å². The van der Waals surface area contributed by atoms with Crippen molar-refractivity contribution >= 4 is 5.69 Å². The van der Waals surface area contributed by atoms with Crippen molar-refractivity contribution in [3.8, 4) is 5.75 Å². The Bertz CT molecular complexity index is 783. The largest absolute Gasteiger partial charge is 0.497 e. The molecule has 1 heterocycles.